The number of carbonyl (C=O) groups is 1. The summed E-state index contributed by atoms with van der Waals surface area (Å²) in [5.74, 6) is 0.447. The summed E-state index contributed by atoms with van der Waals surface area (Å²) in [6.07, 6.45) is 1.07. The Balaban J connectivity index is 2.97. The first-order valence-corrected chi connectivity index (χ1v) is 7.01. The molecule has 0 aliphatic heterocycles. The topological polar surface area (TPSA) is 26.3 Å². The molecule has 0 saturated heterocycles. The molecular weight excluding hydrogens is 303 g/mol. The second-order valence-electron chi connectivity index (χ2n) is 5.51. The Morgan fingerprint density at radius 1 is 1.47 bits per heavy atom. The van der Waals surface area contributed by atoms with Crippen molar-refractivity contribution >= 4 is 28.6 Å². The third-order valence-electron chi connectivity index (χ3n) is 4.57. The van der Waals surface area contributed by atoms with Gasteiger partial charge in [0.25, 0.3) is 0 Å². The molecule has 0 aromatic rings. The Morgan fingerprint density at radius 3 is 2.40 bits per heavy atom. The van der Waals surface area contributed by atoms with E-state index in [1.807, 2.05) is 0 Å². The number of hydrogen-bond donors (Lipinski definition) is 0. The molecule has 3 unspecified atom stereocenters. The summed E-state index contributed by atoms with van der Waals surface area (Å²) in [5, 5.41) is 0. The standard InChI is InChI=1S/C12H21IO2/c1-8-6-10(15-9(2)14)12(5,7-13)11(8,3)4/h8,10H,6-7H2,1-5H3. The number of halogens is 1. The zero-order valence-corrected chi connectivity index (χ0v) is 12.4. The van der Waals surface area contributed by atoms with Crippen LogP contribution in [-0.4, -0.2) is 16.5 Å². The Bertz CT molecular complexity index is 262. The van der Waals surface area contributed by atoms with E-state index < -0.39 is 0 Å². The lowest BCUT2D eigenvalue weighted by atomic mass is 9.67. The minimum absolute atomic E-state index is 0.0805. The van der Waals surface area contributed by atoms with E-state index in [4.69, 9.17) is 4.74 Å². The highest BCUT2D eigenvalue weighted by atomic mass is 127. The van der Waals surface area contributed by atoms with Crippen LogP contribution in [0.5, 0.6) is 0 Å². The molecule has 1 aliphatic rings. The summed E-state index contributed by atoms with van der Waals surface area (Å²) in [6, 6.07) is 0. The Kier molecular flexibility index (Phi) is 3.74. The van der Waals surface area contributed by atoms with Gasteiger partial charge in [0.1, 0.15) is 6.10 Å². The van der Waals surface area contributed by atoms with Gasteiger partial charge >= 0.3 is 5.97 Å². The highest BCUT2D eigenvalue weighted by Gasteiger charge is 2.56. The van der Waals surface area contributed by atoms with Crippen molar-refractivity contribution < 1.29 is 9.53 Å². The van der Waals surface area contributed by atoms with Gasteiger partial charge in [-0.2, -0.15) is 0 Å². The van der Waals surface area contributed by atoms with Gasteiger partial charge in [-0.15, -0.1) is 0 Å². The van der Waals surface area contributed by atoms with Crippen LogP contribution >= 0.6 is 22.6 Å². The highest BCUT2D eigenvalue weighted by Crippen LogP contribution is 2.57. The van der Waals surface area contributed by atoms with E-state index in [0.717, 1.165) is 10.8 Å². The average molecular weight is 324 g/mol. The lowest BCUT2D eigenvalue weighted by Crippen LogP contribution is -2.42. The third kappa shape index (κ3) is 2.04. The number of rotatable bonds is 2. The second kappa shape index (κ2) is 4.22. The minimum Gasteiger partial charge on any atom is -0.462 e. The van der Waals surface area contributed by atoms with Gasteiger partial charge in [-0.05, 0) is 17.8 Å². The summed E-state index contributed by atoms with van der Waals surface area (Å²) in [5.41, 5.74) is 0.326. The number of hydrogen-bond acceptors (Lipinski definition) is 2. The molecule has 0 heterocycles. The van der Waals surface area contributed by atoms with E-state index in [9.17, 15) is 4.79 Å². The average Bonchev–Trinajstić information content (AvgIpc) is 2.28. The fraction of sp³-hybridized carbons (Fsp3) is 0.917. The van der Waals surface area contributed by atoms with Gasteiger partial charge in [0, 0.05) is 16.8 Å². The second-order valence-corrected chi connectivity index (χ2v) is 6.27. The first kappa shape index (κ1) is 13.3. The fourth-order valence-corrected chi connectivity index (χ4v) is 3.96. The lowest BCUT2D eigenvalue weighted by Gasteiger charge is -2.41. The van der Waals surface area contributed by atoms with E-state index in [0.29, 0.717) is 5.92 Å². The highest BCUT2D eigenvalue weighted by molar-refractivity contribution is 14.1. The van der Waals surface area contributed by atoms with Gasteiger partial charge in [-0.3, -0.25) is 4.79 Å². The molecule has 2 nitrogen and oxygen atoms in total. The summed E-state index contributed by atoms with van der Waals surface area (Å²) in [6.45, 7) is 10.6. The molecule has 88 valence electrons. The monoisotopic (exact) mass is 324 g/mol. The van der Waals surface area contributed by atoms with Crippen LogP contribution in [0.2, 0.25) is 0 Å². The van der Waals surface area contributed by atoms with Crippen molar-refractivity contribution in [3.8, 4) is 0 Å². The molecule has 0 spiro atoms. The molecule has 1 fully saturated rings. The number of esters is 1. The molecular formula is C12H21IO2. The van der Waals surface area contributed by atoms with Gasteiger partial charge in [-0.1, -0.05) is 50.3 Å². The fourth-order valence-electron chi connectivity index (χ4n) is 2.49. The Labute approximate surface area is 106 Å². The molecule has 0 amide bonds. The van der Waals surface area contributed by atoms with Gasteiger partial charge in [0.05, 0.1) is 0 Å². The SMILES string of the molecule is CC(=O)OC1CC(C)C(C)(C)C1(C)CI. The van der Waals surface area contributed by atoms with Crippen LogP contribution in [-0.2, 0) is 9.53 Å². The van der Waals surface area contributed by atoms with Crippen LogP contribution in [0.15, 0.2) is 0 Å². The maximum atomic E-state index is 11.1. The number of alkyl halides is 1. The molecule has 1 aliphatic carbocycles. The van der Waals surface area contributed by atoms with E-state index in [-0.39, 0.29) is 22.9 Å². The zero-order valence-electron chi connectivity index (χ0n) is 10.3. The van der Waals surface area contributed by atoms with Gasteiger partial charge in [-0.25, -0.2) is 0 Å². The summed E-state index contributed by atoms with van der Waals surface area (Å²) >= 11 is 2.41. The normalized spacial score (nSPS) is 39.1. The van der Waals surface area contributed by atoms with Gasteiger partial charge in [0.15, 0.2) is 0 Å². The predicted octanol–water partition coefficient (Wildman–Crippen LogP) is 3.43. The molecule has 0 aromatic heterocycles. The van der Waals surface area contributed by atoms with E-state index in [1.165, 1.54) is 6.92 Å². The summed E-state index contributed by atoms with van der Waals surface area (Å²) < 4.78 is 6.51. The maximum Gasteiger partial charge on any atom is 0.302 e. The van der Waals surface area contributed by atoms with Crippen molar-refractivity contribution in [3.05, 3.63) is 0 Å². The van der Waals surface area contributed by atoms with Crippen LogP contribution in [0.25, 0.3) is 0 Å². The minimum atomic E-state index is -0.152. The molecule has 15 heavy (non-hydrogen) atoms. The molecule has 0 radical (unpaired) electrons. The Hall–Kier alpha value is 0.200. The molecule has 1 saturated carbocycles. The third-order valence-corrected chi connectivity index (χ3v) is 6.15. The van der Waals surface area contributed by atoms with Crippen LogP contribution in [0, 0.1) is 16.7 Å². The summed E-state index contributed by atoms with van der Waals surface area (Å²) in [4.78, 5) is 11.1. The van der Waals surface area contributed by atoms with Crippen LogP contribution < -0.4 is 0 Å². The molecule has 0 bridgehead atoms. The van der Waals surface area contributed by atoms with Crippen molar-refractivity contribution in [2.75, 3.05) is 4.43 Å². The molecule has 0 aromatic carbocycles. The predicted molar refractivity (Wildman–Crippen MR) is 70.1 cm³/mol. The number of carbonyl (C=O) groups excluding carboxylic acids is 1. The van der Waals surface area contributed by atoms with E-state index in [1.54, 1.807) is 0 Å². The van der Waals surface area contributed by atoms with Crippen molar-refractivity contribution in [1.82, 2.24) is 0 Å². The molecule has 1 rings (SSSR count). The van der Waals surface area contributed by atoms with Crippen molar-refractivity contribution in [3.63, 3.8) is 0 Å². The largest absolute Gasteiger partial charge is 0.462 e. The molecule has 0 N–H and O–H groups in total. The lowest BCUT2D eigenvalue weighted by molar-refractivity contribution is -0.152. The van der Waals surface area contributed by atoms with Gasteiger partial charge in [0.2, 0.25) is 0 Å². The zero-order chi connectivity index (χ0) is 11.9. The van der Waals surface area contributed by atoms with Crippen LogP contribution in [0.4, 0.5) is 0 Å². The summed E-state index contributed by atoms with van der Waals surface area (Å²) in [7, 11) is 0. The van der Waals surface area contributed by atoms with Crippen LogP contribution in [0.1, 0.15) is 41.0 Å². The van der Waals surface area contributed by atoms with Crippen molar-refractivity contribution in [2.45, 2.75) is 47.1 Å². The maximum absolute atomic E-state index is 11.1. The first-order chi connectivity index (χ1) is 6.75. The quantitative estimate of drug-likeness (QED) is 0.442. The van der Waals surface area contributed by atoms with E-state index in [2.05, 4.69) is 50.3 Å². The van der Waals surface area contributed by atoms with E-state index >= 15 is 0 Å². The molecule has 3 atom stereocenters. The first-order valence-electron chi connectivity index (χ1n) is 5.49. The molecule has 3 heteroatoms. The smallest absolute Gasteiger partial charge is 0.302 e. The van der Waals surface area contributed by atoms with Crippen molar-refractivity contribution in [1.29, 1.82) is 0 Å². The number of ether oxygens (including phenoxy) is 1. The van der Waals surface area contributed by atoms with Gasteiger partial charge < -0.3 is 4.74 Å². The van der Waals surface area contributed by atoms with Crippen LogP contribution in [0.3, 0.4) is 0 Å². The Morgan fingerprint density at radius 2 is 2.00 bits per heavy atom. The van der Waals surface area contributed by atoms with Crippen molar-refractivity contribution in [2.24, 2.45) is 16.7 Å².